The maximum atomic E-state index is 11.3. The number of unbranched alkanes of at least 4 members (excludes halogenated alkanes) is 2. The summed E-state index contributed by atoms with van der Waals surface area (Å²) in [5.74, 6) is 1.54. The molecule has 1 aromatic rings. The van der Waals surface area contributed by atoms with Crippen molar-refractivity contribution < 1.29 is 9.21 Å². The number of carbonyl (C=O) groups excluding carboxylic acids is 1. The van der Waals surface area contributed by atoms with Crippen molar-refractivity contribution in [2.24, 2.45) is 0 Å². The van der Waals surface area contributed by atoms with Crippen molar-refractivity contribution in [1.82, 2.24) is 0 Å². The van der Waals surface area contributed by atoms with Crippen molar-refractivity contribution in [1.29, 1.82) is 0 Å². The molecule has 0 radical (unpaired) electrons. The van der Waals surface area contributed by atoms with E-state index in [9.17, 15) is 4.79 Å². The third kappa shape index (κ3) is 4.51. The third-order valence-electron chi connectivity index (χ3n) is 1.94. The zero-order chi connectivity index (χ0) is 10.2. The Balaban J connectivity index is 2.09. The van der Waals surface area contributed by atoms with Gasteiger partial charge in [0, 0.05) is 6.42 Å². The van der Waals surface area contributed by atoms with E-state index in [1.54, 1.807) is 6.26 Å². The SMILES string of the molecule is CCCCCC(=O)SCc1ccco1. The Labute approximate surface area is 89.1 Å². The lowest BCUT2D eigenvalue weighted by Gasteiger charge is -1.98. The molecule has 0 amide bonds. The molecule has 1 aromatic heterocycles. The van der Waals surface area contributed by atoms with Crippen LogP contribution in [0.1, 0.15) is 38.4 Å². The van der Waals surface area contributed by atoms with Gasteiger partial charge in [-0.2, -0.15) is 0 Å². The quantitative estimate of drug-likeness (QED) is 0.675. The topological polar surface area (TPSA) is 30.2 Å². The van der Waals surface area contributed by atoms with Crippen molar-refractivity contribution in [2.45, 2.75) is 38.4 Å². The largest absolute Gasteiger partial charge is 0.468 e. The zero-order valence-corrected chi connectivity index (χ0v) is 9.31. The normalized spacial score (nSPS) is 10.4. The number of hydrogen-bond donors (Lipinski definition) is 0. The molecule has 78 valence electrons. The Morgan fingerprint density at radius 3 is 3.00 bits per heavy atom. The van der Waals surface area contributed by atoms with E-state index < -0.39 is 0 Å². The average Bonchev–Trinajstić information content (AvgIpc) is 2.68. The Morgan fingerprint density at radius 2 is 2.36 bits per heavy atom. The van der Waals surface area contributed by atoms with Gasteiger partial charge in [-0.15, -0.1) is 0 Å². The van der Waals surface area contributed by atoms with E-state index in [1.165, 1.54) is 11.8 Å². The highest BCUT2D eigenvalue weighted by atomic mass is 32.2. The van der Waals surface area contributed by atoms with Gasteiger partial charge in [-0.1, -0.05) is 31.5 Å². The summed E-state index contributed by atoms with van der Waals surface area (Å²) in [7, 11) is 0. The predicted octanol–water partition coefficient (Wildman–Crippen LogP) is 3.62. The first-order valence-corrected chi connectivity index (χ1v) is 5.99. The highest BCUT2D eigenvalue weighted by Gasteiger charge is 2.04. The Kier molecular flexibility index (Phi) is 5.45. The molecule has 14 heavy (non-hydrogen) atoms. The van der Waals surface area contributed by atoms with Crippen molar-refractivity contribution in [3.05, 3.63) is 24.2 Å². The van der Waals surface area contributed by atoms with Gasteiger partial charge in [0.1, 0.15) is 5.76 Å². The molecule has 0 unspecified atom stereocenters. The van der Waals surface area contributed by atoms with Crippen LogP contribution in [0.25, 0.3) is 0 Å². The van der Waals surface area contributed by atoms with Crippen LogP contribution >= 0.6 is 11.8 Å². The molecular formula is C11H16O2S. The minimum atomic E-state index is 0.273. The molecule has 0 aliphatic carbocycles. The van der Waals surface area contributed by atoms with E-state index in [0.29, 0.717) is 12.2 Å². The lowest BCUT2D eigenvalue weighted by Crippen LogP contribution is -1.92. The monoisotopic (exact) mass is 212 g/mol. The summed E-state index contributed by atoms with van der Waals surface area (Å²) in [4.78, 5) is 11.3. The maximum absolute atomic E-state index is 11.3. The number of furan rings is 1. The first-order valence-electron chi connectivity index (χ1n) is 5.01. The molecule has 0 aliphatic heterocycles. The molecule has 3 heteroatoms. The van der Waals surface area contributed by atoms with Crippen molar-refractivity contribution >= 4 is 16.9 Å². The highest BCUT2D eigenvalue weighted by Crippen LogP contribution is 2.16. The summed E-state index contributed by atoms with van der Waals surface area (Å²) in [6.45, 7) is 2.14. The molecule has 0 fully saturated rings. The smallest absolute Gasteiger partial charge is 0.189 e. The second-order valence-corrected chi connectivity index (χ2v) is 4.23. The van der Waals surface area contributed by atoms with Crippen LogP contribution < -0.4 is 0 Å². The second-order valence-electron chi connectivity index (χ2n) is 3.20. The standard InChI is InChI=1S/C11H16O2S/c1-2-3-4-7-11(12)14-9-10-6-5-8-13-10/h5-6,8H,2-4,7,9H2,1H3. The molecule has 0 spiro atoms. The maximum Gasteiger partial charge on any atom is 0.189 e. The number of rotatable bonds is 6. The van der Waals surface area contributed by atoms with Crippen LogP contribution in [-0.4, -0.2) is 5.12 Å². The summed E-state index contributed by atoms with van der Waals surface area (Å²) in [6, 6.07) is 3.74. The van der Waals surface area contributed by atoms with Crippen molar-refractivity contribution in [2.75, 3.05) is 0 Å². The molecule has 1 rings (SSSR count). The second kappa shape index (κ2) is 6.71. The van der Waals surface area contributed by atoms with E-state index in [1.807, 2.05) is 12.1 Å². The molecule has 0 aromatic carbocycles. The predicted molar refractivity (Wildman–Crippen MR) is 59.2 cm³/mol. The summed E-state index contributed by atoms with van der Waals surface area (Å²) in [5.41, 5.74) is 0. The molecule has 0 bridgehead atoms. The molecule has 0 saturated heterocycles. The van der Waals surface area contributed by atoms with Crippen LogP contribution in [0.4, 0.5) is 0 Å². The van der Waals surface area contributed by atoms with Crippen molar-refractivity contribution in [3.8, 4) is 0 Å². The van der Waals surface area contributed by atoms with Gasteiger partial charge in [0.25, 0.3) is 0 Å². The van der Waals surface area contributed by atoms with Gasteiger partial charge in [0.15, 0.2) is 5.12 Å². The summed E-state index contributed by atoms with van der Waals surface area (Å²) in [5, 5.41) is 0.273. The fourth-order valence-electron chi connectivity index (χ4n) is 1.14. The first kappa shape index (κ1) is 11.4. The van der Waals surface area contributed by atoms with Gasteiger partial charge in [-0.25, -0.2) is 0 Å². The van der Waals surface area contributed by atoms with Gasteiger partial charge in [0.05, 0.1) is 12.0 Å². The van der Waals surface area contributed by atoms with E-state index in [4.69, 9.17) is 4.42 Å². The fourth-order valence-corrected chi connectivity index (χ4v) is 1.89. The van der Waals surface area contributed by atoms with Crippen LogP contribution in [0.3, 0.4) is 0 Å². The average molecular weight is 212 g/mol. The molecule has 0 atom stereocenters. The molecule has 2 nitrogen and oxygen atoms in total. The highest BCUT2D eigenvalue weighted by molar-refractivity contribution is 8.12. The lowest BCUT2D eigenvalue weighted by molar-refractivity contribution is -0.111. The Hall–Kier alpha value is -0.700. The van der Waals surface area contributed by atoms with Gasteiger partial charge < -0.3 is 4.42 Å². The third-order valence-corrected chi connectivity index (χ3v) is 2.89. The summed E-state index contributed by atoms with van der Waals surface area (Å²) >= 11 is 1.35. The van der Waals surface area contributed by atoms with E-state index in [0.717, 1.165) is 25.0 Å². The fraction of sp³-hybridized carbons (Fsp3) is 0.545. The molecule has 1 heterocycles. The minimum absolute atomic E-state index is 0.273. The zero-order valence-electron chi connectivity index (χ0n) is 8.49. The van der Waals surface area contributed by atoms with Crippen LogP contribution in [0, 0.1) is 0 Å². The van der Waals surface area contributed by atoms with Crippen LogP contribution in [0.5, 0.6) is 0 Å². The van der Waals surface area contributed by atoms with Crippen molar-refractivity contribution in [3.63, 3.8) is 0 Å². The Bertz CT molecular complexity index is 254. The molecule has 0 aliphatic rings. The van der Waals surface area contributed by atoms with Gasteiger partial charge in [-0.05, 0) is 18.6 Å². The minimum Gasteiger partial charge on any atom is -0.468 e. The Morgan fingerprint density at radius 1 is 1.50 bits per heavy atom. The van der Waals surface area contributed by atoms with E-state index in [2.05, 4.69) is 6.92 Å². The van der Waals surface area contributed by atoms with E-state index in [-0.39, 0.29) is 5.12 Å². The first-order chi connectivity index (χ1) is 6.83. The van der Waals surface area contributed by atoms with Gasteiger partial charge in [0.2, 0.25) is 0 Å². The molecule has 0 N–H and O–H groups in total. The van der Waals surface area contributed by atoms with Crippen LogP contribution in [0.2, 0.25) is 0 Å². The van der Waals surface area contributed by atoms with Gasteiger partial charge in [-0.3, -0.25) is 4.79 Å². The summed E-state index contributed by atoms with van der Waals surface area (Å²) < 4.78 is 5.14. The number of hydrogen-bond acceptors (Lipinski definition) is 3. The van der Waals surface area contributed by atoms with Gasteiger partial charge >= 0.3 is 0 Å². The number of thioether (sulfide) groups is 1. The van der Waals surface area contributed by atoms with Crippen LogP contribution in [0.15, 0.2) is 22.8 Å². The molecule has 0 saturated carbocycles. The molecular weight excluding hydrogens is 196 g/mol. The van der Waals surface area contributed by atoms with E-state index >= 15 is 0 Å². The summed E-state index contributed by atoms with van der Waals surface area (Å²) in [6.07, 6.45) is 5.65. The number of carbonyl (C=O) groups is 1. The van der Waals surface area contributed by atoms with Crippen LogP contribution in [-0.2, 0) is 10.5 Å². The lowest BCUT2D eigenvalue weighted by atomic mass is 10.2.